The number of hydrogen-bond acceptors (Lipinski definition) is 4. The maximum Gasteiger partial charge on any atom is 0.251 e. The van der Waals surface area contributed by atoms with E-state index < -0.39 is 0 Å². The number of carbonyl (C=O) groups excluding carboxylic acids is 1. The van der Waals surface area contributed by atoms with Gasteiger partial charge in [-0.2, -0.15) is 0 Å². The molecule has 1 aliphatic rings. The summed E-state index contributed by atoms with van der Waals surface area (Å²) in [6.45, 7) is 5.95. The Bertz CT molecular complexity index is 1430. The smallest absolute Gasteiger partial charge is 0.251 e. The third-order valence-electron chi connectivity index (χ3n) is 8.51. The monoisotopic (exact) mass is 579 g/mol. The number of rotatable bonds is 9. The van der Waals surface area contributed by atoms with Crippen molar-refractivity contribution in [1.82, 2.24) is 5.06 Å². The van der Waals surface area contributed by atoms with Gasteiger partial charge in [0.15, 0.2) is 5.75 Å². The predicted molar refractivity (Wildman–Crippen MR) is 173 cm³/mol. The highest BCUT2D eigenvalue weighted by Gasteiger charge is 2.32. The second-order valence-corrected chi connectivity index (χ2v) is 12.0. The van der Waals surface area contributed by atoms with Crippen molar-refractivity contribution in [2.24, 2.45) is 5.41 Å². The second-order valence-electron chi connectivity index (χ2n) is 12.0. The Morgan fingerprint density at radius 3 is 2.14 bits per heavy atom. The summed E-state index contributed by atoms with van der Waals surface area (Å²) in [6, 6.07) is 36.4. The Kier molecular flexibility index (Phi) is 11.2. The number of fused-ring (bicyclic) bond motifs is 1. The molecule has 1 aliphatic carbocycles. The molecule has 5 rings (SSSR count). The number of hydroxylamine groups is 2. The van der Waals surface area contributed by atoms with Crippen molar-refractivity contribution in [3.05, 3.63) is 137 Å². The van der Waals surface area contributed by atoms with E-state index in [4.69, 9.17) is 10.1 Å². The Morgan fingerprint density at radius 1 is 0.884 bits per heavy atom. The molecule has 0 aromatic heterocycles. The highest BCUT2D eigenvalue weighted by atomic mass is 17.1. The molecule has 0 aliphatic heterocycles. The summed E-state index contributed by atoms with van der Waals surface area (Å²) in [4.78, 5) is 20.8. The zero-order chi connectivity index (χ0) is 30.8. The van der Waals surface area contributed by atoms with Crippen LogP contribution in [0.5, 0.6) is 5.75 Å². The quantitative estimate of drug-likeness (QED) is 0.159. The highest BCUT2D eigenvalue weighted by molar-refractivity contribution is 5.80. The zero-order valence-electron chi connectivity index (χ0n) is 26.1. The Balaban J connectivity index is 0.000000301. The maximum absolute atomic E-state index is 11.6. The van der Waals surface area contributed by atoms with Crippen molar-refractivity contribution in [1.29, 1.82) is 0 Å². The van der Waals surface area contributed by atoms with Crippen LogP contribution < -0.4 is 4.89 Å². The van der Waals surface area contributed by atoms with Crippen LogP contribution in [-0.2, 0) is 22.5 Å². The van der Waals surface area contributed by atoms with E-state index in [2.05, 4.69) is 103 Å². The molecule has 0 bridgehead atoms. The fraction of sp³-hybridized carbons (Fsp3) is 0.342. The fourth-order valence-corrected chi connectivity index (χ4v) is 6.26. The van der Waals surface area contributed by atoms with E-state index in [1.165, 1.54) is 45.6 Å². The predicted octanol–water partition coefficient (Wildman–Crippen LogP) is 8.82. The molecule has 0 saturated heterocycles. The third-order valence-corrected chi connectivity index (χ3v) is 8.51. The van der Waals surface area contributed by atoms with Gasteiger partial charge in [-0.1, -0.05) is 118 Å². The van der Waals surface area contributed by atoms with Gasteiger partial charge in [-0.25, -0.2) is 10.3 Å². The Hall–Kier alpha value is -3.93. The van der Waals surface area contributed by atoms with Crippen LogP contribution in [-0.4, -0.2) is 30.4 Å². The van der Waals surface area contributed by atoms with Gasteiger partial charge in [-0.3, -0.25) is 9.63 Å². The second kappa shape index (κ2) is 15.0. The van der Waals surface area contributed by atoms with Crippen LogP contribution in [0.3, 0.4) is 0 Å². The molecule has 4 aromatic carbocycles. The molecular formula is C38H45NO4. The minimum absolute atomic E-state index is 0.0341. The molecule has 5 heteroatoms. The number of aryl methyl sites for hydroxylation is 1. The van der Waals surface area contributed by atoms with E-state index in [1.807, 2.05) is 26.0 Å². The number of nitrogens with zero attached hydrogens (tertiary/aromatic N) is 1. The standard InChI is InChI=1S/C29H26O2.C9H19NO2/c30-31-26-15-12-24(13-16-26)29-27(23-9-5-2-6-10-23)18-14-25-20-22(11-17-28(25)29)19-21-7-3-1-4-8-21;1-6-7-9(2,3)8(11)10(4)12-5/h1-13,15-17,20,27,29-30H,14,18-19H2;6-7H2,1-5H3. The van der Waals surface area contributed by atoms with Gasteiger partial charge in [0.2, 0.25) is 0 Å². The van der Waals surface area contributed by atoms with Crippen LogP contribution in [0.4, 0.5) is 0 Å². The van der Waals surface area contributed by atoms with E-state index in [0.29, 0.717) is 11.7 Å². The first-order valence-corrected chi connectivity index (χ1v) is 15.2. The van der Waals surface area contributed by atoms with Crippen LogP contribution in [0.1, 0.15) is 85.3 Å². The first-order chi connectivity index (χ1) is 20.8. The van der Waals surface area contributed by atoms with Crippen LogP contribution >= 0.6 is 0 Å². The van der Waals surface area contributed by atoms with Crippen molar-refractivity contribution in [2.45, 2.75) is 64.7 Å². The van der Waals surface area contributed by atoms with Crippen molar-refractivity contribution in [3.63, 3.8) is 0 Å². The molecule has 1 N–H and O–H groups in total. The van der Waals surface area contributed by atoms with Gasteiger partial charge in [0.05, 0.1) is 7.11 Å². The van der Waals surface area contributed by atoms with Crippen molar-refractivity contribution in [3.8, 4) is 5.75 Å². The van der Waals surface area contributed by atoms with Crippen LogP contribution in [0.2, 0.25) is 0 Å². The molecule has 0 radical (unpaired) electrons. The minimum Gasteiger partial charge on any atom is -0.340 e. The lowest BCUT2D eigenvalue weighted by Gasteiger charge is -2.35. The van der Waals surface area contributed by atoms with E-state index in [-0.39, 0.29) is 17.2 Å². The lowest BCUT2D eigenvalue weighted by atomic mass is 9.69. The number of hydrogen-bond donors (Lipinski definition) is 1. The van der Waals surface area contributed by atoms with Crippen LogP contribution in [0.25, 0.3) is 0 Å². The Morgan fingerprint density at radius 2 is 1.53 bits per heavy atom. The summed E-state index contributed by atoms with van der Waals surface area (Å²) >= 11 is 0. The molecule has 226 valence electrons. The van der Waals surface area contributed by atoms with E-state index >= 15 is 0 Å². The molecule has 0 heterocycles. The van der Waals surface area contributed by atoms with E-state index in [9.17, 15) is 4.79 Å². The minimum atomic E-state index is -0.306. The number of benzene rings is 4. The first kappa shape index (κ1) is 32.0. The summed E-state index contributed by atoms with van der Waals surface area (Å²) in [7, 11) is 3.14. The maximum atomic E-state index is 11.6. The summed E-state index contributed by atoms with van der Waals surface area (Å²) in [5.74, 6) is 1.21. The largest absolute Gasteiger partial charge is 0.340 e. The molecular weight excluding hydrogens is 534 g/mol. The zero-order valence-corrected chi connectivity index (χ0v) is 26.1. The number of carbonyl (C=O) groups is 1. The lowest BCUT2D eigenvalue weighted by molar-refractivity contribution is -0.179. The summed E-state index contributed by atoms with van der Waals surface area (Å²) in [5, 5.41) is 10.3. The first-order valence-electron chi connectivity index (χ1n) is 15.2. The summed E-state index contributed by atoms with van der Waals surface area (Å²) < 4.78 is 0. The molecule has 43 heavy (non-hydrogen) atoms. The fourth-order valence-electron chi connectivity index (χ4n) is 6.26. The average molecular weight is 580 g/mol. The molecule has 0 saturated carbocycles. The topological polar surface area (TPSA) is 59.0 Å². The van der Waals surface area contributed by atoms with Gasteiger partial charge >= 0.3 is 0 Å². The van der Waals surface area contributed by atoms with Crippen molar-refractivity contribution >= 4 is 5.91 Å². The van der Waals surface area contributed by atoms with Gasteiger partial charge in [-0.05, 0) is 77.1 Å². The molecule has 0 spiro atoms. The van der Waals surface area contributed by atoms with Gasteiger partial charge < -0.3 is 4.89 Å². The van der Waals surface area contributed by atoms with Gasteiger partial charge in [0, 0.05) is 18.4 Å². The number of amides is 1. The van der Waals surface area contributed by atoms with Gasteiger partial charge in [0.25, 0.3) is 5.91 Å². The van der Waals surface area contributed by atoms with Crippen LogP contribution in [0.15, 0.2) is 103 Å². The molecule has 0 fully saturated rings. The third kappa shape index (κ3) is 8.13. The van der Waals surface area contributed by atoms with Crippen LogP contribution in [0, 0.1) is 5.41 Å². The molecule has 4 aromatic rings. The molecule has 2 unspecified atom stereocenters. The summed E-state index contributed by atoms with van der Waals surface area (Å²) in [5.41, 5.74) is 7.91. The highest BCUT2D eigenvalue weighted by Crippen LogP contribution is 2.46. The SMILES string of the molecule is CCCC(C)(C)C(=O)N(C)OC.OOc1ccc(C2c3ccc(Cc4ccccc4)cc3CCC2c2ccccc2)cc1. The Labute approximate surface area is 257 Å². The summed E-state index contributed by atoms with van der Waals surface area (Å²) in [6.07, 6.45) is 5.07. The van der Waals surface area contributed by atoms with Gasteiger partial charge in [0.1, 0.15) is 0 Å². The lowest BCUT2D eigenvalue weighted by Crippen LogP contribution is -2.37. The molecule has 1 amide bonds. The van der Waals surface area contributed by atoms with E-state index in [1.54, 1.807) is 7.05 Å². The van der Waals surface area contributed by atoms with Crippen molar-refractivity contribution in [2.75, 3.05) is 14.2 Å². The normalized spacial score (nSPS) is 16.0. The van der Waals surface area contributed by atoms with Crippen molar-refractivity contribution < 1.29 is 19.8 Å². The van der Waals surface area contributed by atoms with Gasteiger partial charge in [-0.15, -0.1) is 0 Å². The average Bonchev–Trinajstić information content (AvgIpc) is 3.04. The molecule has 5 nitrogen and oxygen atoms in total. The van der Waals surface area contributed by atoms with E-state index in [0.717, 1.165) is 32.1 Å². The molecule has 2 atom stereocenters.